The van der Waals surface area contributed by atoms with E-state index >= 15 is 0 Å². The van der Waals surface area contributed by atoms with Crippen molar-refractivity contribution in [3.8, 4) is 119 Å². The van der Waals surface area contributed by atoms with Crippen LogP contribution in [0.4, 0.5) is 0 Å². The van der Waals surface area contributed by atoms with Gasteiger partial charge in [-0.05, 0) is 130 Å². The van der Waals surface area contributed by atoms with E-state index in [1.165, 1.54) is 15.5 Å². The second-order valence-electron chi connectivity index (χ2n) is 28.9. The van der Waals surface area contributed by atoms with Crippen LogP contribution >= 0.6 is 82.3 Å². The zero-order valence-corrected chi connectivity index (χ0v) is 74.1. The Morgan fingerprint density at radius 1 is 0.283 bits per heavy atom. The van der Waals surface area contributed by atoms with Gasteiger partial charge in [-0.1, -0.05) is 320 Å². The lowest BCUT2D eigenvalue weighted by Gasteiger charge is -2.11. The van der Waals surface area contributed by atoms with Crippen LogP contribution in [0.2, 0.25) is 10.3 Å². The van der Waals surface area contributed by atoms with E-state index in [9.17, 15) is 0 Å². The zero-order chi connectivity index (χ0) is 85.9. The van der Waals surface area contributed by atoms with Gasteiger partial charge in [0.2, 0.25) is 11.2 Å². The van der Waals surface area contributed by atoms with E-state index in [0.29, 0.717) is 62.7 Å². The van der Waals surface area contributed by atoms with E-state index in [4.69, 9.17) is 63.1 Å². The van der Waals surface area contributed by atoms with Gasteiger partial charge in [-0.3, -0.25) is 14.5 Å². The van der Waals surface area contributed by atoms with Crippen LogP contribution in [-0.4, -0.2) is 79.3 Å². The molecule has 0 aliphatic heterocycles. The van der Waals surface area contributed by atoms with Crippen molar-refractivity contribution in [2.45, 2.75) is 0 Å². The summed E-state index contributed by atoms with van der Waals surface area (Å²) in [6.45, 7) is 0. The Morgan fingerprint density at radius 3 is 1.41 bits per heavy atom. The minimum Gasteiger partial charge on any atom is -0.264 e. The number of para-hydroxylation sites is 1. The number of halogens is 5. The van der Waals surface area contributed by atoms with Gasteiger partial charge >= 0.3 is 0 Å². The smallest absolute Gasteiger partial charge is 0.237 e. The van der Waals surface area contributed by atoms with Crippen molar-refractivity contribution in [2.24, 2.45) is 0 Å². The van der Waals surface area contributed by atoms with Gasteiger partial charge in [0.1, 0.15) is 10.5 Å². The molecule has 10 aromatic heterocycles. The first-order chi connectivity index (χ1) is 62.5. The summed E-state index contributed by atoms with van der Waals surface area (Å²) in [5.41, 5.74) is 14.9. The molecule has 0 aliphatic rings. The quantitative estimate of drug-likeness (QED) is 0.111. The van der Waals surface area contributed by atoms with Crippen LogP contribution in [0.1, 0.15) is 0 Å². The van der Waals surface area contributed by atoms with Gasteiger partial charge in [0.25, 0.3) is 0 Å². The van der Waals surface area contributed by atoms with Gasteiger partial charge in [-0.25, -0.2) is 64.8 Å². The summed E-state index contributed by atoms with van der Waals surface area (Å²) < 4.78 is 6.36. The summed E-state index contributed by atoms with van der Waals surface area (Å²) in [4.78, 5) is 70.0. The van der Waals surface area contributed by atoms with Crippen molar-refractivity contribution in [2.75, 3.05) is 0 Å². The van der Waals surface area contributed by atoms with Gasteiger partial charge in [0.05, 0.1) is 39.3 Å². The SMILES string of the molecule is Brc1ccc(-c2nc(-c3ccccc3)nc(-c3ccc4ccccc4c3)n2)cc1.Brc1ccc(-c2nc(-c3ccccc3)nc(-c3ccccc3)n2)c2ccccc12.Brc1ccc2c(c1)c1cccnc1n2-c1nc(-c2ccccc2)c2ccccc2n1.Clc1cnc(-c2cccnc2)nc1-c1cccnc1.Clc1nc(-c2ccccc2)c2c(n1)sc1ccccc12. The first-order valence-corrected chi connectivity index (χ1v) is 44.2. The molecule has 0 saturated heterocycles. The summed E-state index contributed by atoms with van der Waals surface area (Å²) in [6, 6.07) is 120. The normalized spacial score (nSPS) is 11.0. The highest BCUT2D eigenvalue weighted by atomic mass is 79.9. The average Bonchev–Trinajstić information content (AvgIpc) is 1.60. The van der Waals surface area contributed by atoms with E-state index in [0.717, 1.165) is 140 Å². The molecule has 0 fully saturated rings. The van der Waals surface area contributed by atoms with Gasteiger partial charge in [0.15, 0.2) is 40.8 Å². The summed E-state index contributed by atoms with van der Waals surface area (Å²) in [7, 11) is 0. The van der Waals surface area contributed by atoms with Gasteiger partial charge < -0.3 is 0 Å². The number of thiophene rings is 1. The Hall–Kier alpha value is -14.6. The fourth-order valence-corrected chi connectivity index (χ4v) is 17.4. The Balaban J connectivity index is 0.000000105. The molecular formula is C105H65Br3Cl2N16S. The Labute approximate surface area is 768 Å². The molecule has 0 atom stereocenters. The number of hydrogen-bond donors (Lipinski definition) is 0. The first kappa shape index (κ1) is 82.0. The number of pyridine rings is 3. The third-order valence-electron chi connectivity index (χ3n) is 20.8. The number of rotatable bonds is 11. The molecule has 0 aliphatic carbocycles. The highest BCUT2D eigenvalue weighted by molar-refractivity contribution is 9.11. The van der Waals surface area contributed by atoms with Gasteiger partial charge in [-0.2, -0.15) is 0 Å². The van der Waals surface area contributed by atoms with Crippen LogP contribution in [0.3, 0.4) is 0 Å². The molecular weight excluding hydrogens is 1830 g/mol. The minimum absolute atomic E-state index is 0.294. The van der Waals surface area contributed by atoms with Gasteiger partial charge in [-0.15, -0.1) is 11.3 Å². The lowest BCUT2D eigenvalue weighted by atomic mass is 10.0. The number of nitrogens with zero attached hydrogens (tertiary/aromatic N) is 16. The monoisotopic (exact) mass is 1890 g/mol. The maximum absolute atomic E-state index is 6.15. The summed E-state index contributed by atoms with van der Waals surface area (Å²) >= 11 is 24.6. The lowest BCUT2D eigenvalue weighted by molar-refractivity contribution is 0.997. The zero-order valence-electron chi connectivity index (χ0n) is 67.0. The predicted molar refractivity (Wildman–Crippen MR) is 526 cm³/mol. The standard InChI is InChI=1S/C25H15BrN4.2C25H16BrN3.C16H9ClN2S.C14H9ClN4/c26-17-12-13-22-20(15-17)18-10-6-14-27-24(18)30(22)25-28-21-11-5-4-9-19(21)23(29-25)16-7-2-1-3-8-16;26-22-16-15-21(19-13-7-8-14-20(19)22)25-28-23(17-9-3-1-4-10-17)27-24(29-25)18-11-5-2-6-12-18;26-22-14-12-19(13-15-22)24-27-23(18-7-2-1-3-8-18)28-25(29-24)21-11-10-17-6-4-5-9-20(17)16-21;17-16-18-14(10-6-2-1-3-7-10)13-11-8-4-5-9-12(11)20-15(13)19-16;15-12-9-18-14(11-4-2-6-17-8-11)19-13(12)10-3-1-5-16-7-10/h1-15H;2*1-16H;1-9H;1-9H. The van der Waals surface area contributed by atoms with Crippen molar-refractivity contribution in [3.63, 3.8) is 0 Å². The molecule has 13 aromatic carbocycles. The van der Waals surface area contributed by atoms with Gasteiger partial charge in [0, 0.05) is 132 Å². The molecule has 23 rings (SSSR count). The minimum atomic E-state index is 0.294. The van der Waals surface area contributed by atoms with E-state index in [2.05, 4.69) is 184 Å². The second kappa shape index (κ2) is 37.8. The van der Waals surface area contributed by atoms with Crippen LogP contribution in [0.25, 0.3) is 194 Å². The topological polar surface area (TPSA) is 198 Å². The molecule has 23 aromatic rings. The highest BCUT2D eigenvalue weighted by Gasteiger charge is 2.22. The van der Waals surface area contributed by atoms with E-state index in [1.54, 1.807) is 42.3 Å². The average molecular weight is 1890 g/mol. The Kier molecular flexibility index (Phi) is 24.4. The molecule has 16 nitrogen and oxygen atoms in total. The van der Waals surface area contributed by atoms with Crippen LogP contribution < -0.4 is 0 Å². The molecule has 0 unspecified atom stereocenters. The molecule has 606 valence electrons. The summed E-state index contributed by atoms with van der Waals surface area (Å²) in [5, 5.41) is 10.9. The summed E-state index contributed by atoms with van der Waals surface area (Å²) in [6.07, 6.45) is 10.3. The molecule has 0 radical (unpaired) electrons. The van der Waals surface area contributed by atoms with Crippen molar-refractivity contribution in [3.05, 3.63) is 419 Å². The molecule has 0 amide bonds. The van der Waals surface area contributed by atoms with Crippen LogP contribution in [0, 0.1) is 0 Å². The van der Waals surface area contributed by atoms with Crippen molar-refractivity contribution >= 4 is 157 Å². The largest absolute Gasteiger partial charge is 0.264 e. The Morgan fingerprint density at radius 2 is 0.780 bits per heavy atom. The van der Waals surface area contributed by atoms with E-state index in [1.807, 2.05) is 267 Å². The van der Waals surface area contributed by atoms with E-state index < -0.39 is 0 Å². The lowest BCUT2D eigenvalue weighted by Crippen LogP contribution is -2.04. The van der Waals surface area contributed by atoms with Crippen molar-refractivity contribution in [1.82, 2.24) is 79.3 Å². The van der Waals surface area contributed by atoms with E-state index in [-0.39, 0.29) is 0 Å². The fraction of sp³-hybridized carbons (Fsp3) is 0. The molecule has 0 spiro atoms. The second-order valence-corrected chi connectivity index (χ2v) is 33.4. The third kappa shape index (κ3) is 18.2. The number of fused-ring (bicyclic) bond motifs is 9. The van der Waals surface area contributed by atoms with Crippen LogP contribution in [-0.2, 0) is 0 Å². The maximum atomic E-state index is 6.15. The Bertz CT molecular complexity index is 7840. The maximum Gasteiger partial charge on any atom is 0.237 e. The molecule has 127 heavy (non-hydrogen) atoms. The van der Waals surface area contributed by atoms with Crippen LogP contribution in [0.15, 0.2) is 409 Å². The molecule has 0 N–H and O–H groups in total. The fourth-order valence-electron chi connectivity index (χ4n) is 14.8. The third-order valence-corrected chi connectivity index (χ3v) is 24.0. The number of benzene rings is 13. The number of aromatic nitrogens is 16. The first-order valence-electron chi connectivity index (χ1n) is 40.2. The van der Waals surface area contributed by atoms with Crippen molar-refractivity contribution < 1.29 is 0 Å². The van der Waals surface area contributed by atoms with Crippen LogP contribution in [0.5, 0.6) is 0 Å². The molecule has 0 saturated carbocycles. The molecule has 22 heteroatoms. The number of hydrogen-bond acceptors (Lipinski definition) is 16. The molecule has 10 heterocycles. The van der Waals surface area contributed by atoms with Crippen molar-refractivity contribution in [1.29, 1.82) is 0 Å². The highest BCUT2D eigenvalue weighted by Crippen LogP contribution is 2.41. The predicted octanol–water partition coefficient (Wildman–Crippen LogP) is 28.5. The molecule has 0 bridgehead atoms. The summed E-state index contributed by atoms with van der Waals surface area (Å²) in [5.74, 6) is 5.22.